The number of rotatable bonds is 11. The molecule has 0 bridgehead atoms. The van der Waals surface area contributed by atoms with E-state index in [0.717, 1.165) is 39.6 Å². The van der Waals surface area contributed by atoms with Crippen molar-refractivity contribution in [2.75, 3.05) is 31.2 Å². The molecule has 2 amide bonds. The van der Waals surface area contributed by atoms with Gasteiger partial charge in [0.25, 0.3) is 5.91 Å². The first kappa shape index (κ1) is 27.1. The largest absolute Gasteiger partial charge is 0.491 e. The molecule has 1 heterocycles. The molecule has 38 heavy (non-hydrogen) atoms. The second-order valence-electron chi connectivity index (χ2n) is 8.66. The Balaban J connectivity index is 1.31. The standard InChI is InChI=1S/C30H30BrN3O4/c1-2-16-33-21-24(20-25(31)22-33)29(35)34(26-11-4-3-5-12-26)17-19-38-30(36)32-15-18-37-28-14-8-10-23-9-6-7-13-27(23)28/h3-14,20-22H,2,15-19H2,1H3/p+1. The monoisotopic (exact) mass is 576 g/mol. The molecule has 0 saturated carbocycles. The summed E-state index contributed by atoms with van der Waals surface area (Å²) in [5.74, 6) is 0.595. The highest BCUT2D eigenvalue weighted by atomic mass is 79.9. The van der Waals surface area contributed by atoms with E-state index in [2.05, 4.69) is 28.2 Å². The summed E-state index contributed by atoms with van der Waals surface area (Å²) >= 11 is 3.51. The smallest absolute Gasteiger partial charge is 0.407 e. The minimum absolute atomic E-state index is 0.0413. The van der Waals surface area contributed by atoms with E-state index in [0.29, 0.717) is 18.7 Å². The lowest BCUT2D eigenvalue weighted by Crippen LogP contribution is -2.39. The van der Waals surface area contributed by atoms with Crippen LogP contribution in [0.1, 0.15) is 23.7 Å². The number of aryl methyl sites for hydroxylation is 1. The highest BCUT2D eigenvalue weighted by Gasteiger charge is 2.21. The second kappa shape index (κ2) is 13.6. The van der Waals surface area contributed by atoms with E-state index >= 15 is 0 Å². The molecular formula is C30H31BrN3O4+. The summed E-state index contributed by atoms with van der Waals surface area (Å²) in [5.41, 5.74) is 1.28. The van der Waals surface area contributed by atoms with Crippen LogP contribution in [0.5, 0.6) is 5.75 Å². The summed E-state index contributed by atoms with van der Waals surface area (Å²) in [4.78, 5) is 27.4. The number of benzene rings is 3. The number of hydrogen-bond acceptors (Lipinski definition) is 4. The van der Waals surface area contributed by atoms with Gasteiger partial charge in [-0.05, 0) is 45.6 Å². The minimum Gasteiger partial charge on any atom is -0.491 e. The third kappa shape index (κ3) is 7.32. The van der Waals surface area contributed by atoms with Gasteiger partial charge in [-0.15, -0.1) is 0 Å². The molecule has 0 unspecified atom stereocenters. The molecule has 0 aliphatic heterocycles. The molecule has 4 aromatic rings. The van der Waals surface area contributed by atoms with Crippen molar-refractivity contribution in [3.8, 4) is 5.75 Å². The van der Waals surface area contributed by atoms with E-state index in [1.54, 1.807) is 11.0 Å². The highest BCUT2D eigenvalue weighted by Crippen LogP contribution is 2.25. The Kier molecular flexibility index (Phi) is 9.70. The number of nitrogens with one attached hydrogen (secondary N) is 1. The van der Waals surface area contributed by atoms with E-state index in [-0.39, 0.29) is 19.1 Å². The first-order chi connectivity index (χ1) is 18.5. The predicted octanol–water partition coefficient (Wildman–Crippen LogP) is 5.75. The maximum atomic E-state index is 13.5. The molecule has 0 radical (unpaired) electrons. The van der Waals surface area contributed by atoms with Gasteiger partial charge in [0.2, 0.25) is 0 Å². The van der Waals surface area contributed by atoms with Gasteiger partial charge in [-0.1, -0.05) is 61.5 Å². The third-order valence-corrected chi connectivity index (χ3v) is 6.29. The molecule has 0 saturated heterocycles. The number of alkyl carbamates (subject to hydrolysis) is 1. The topological polar surface area (TPSA) is 71.8 Å². The second-order valence-corrected chi connectivity index (χ2v) is 9.58. The Morgan fingerprint density at radius 2 is 1.71 bits per heavy atom. The van der Waals surface area contributed by atoms with Crippen LogP contribution >= 0.6 is 15.9 Å². The molecule has 1 aromatic heterocycles. The zero-order valence-electron chi connectivity index (χ0n) is 21.3. The van der Waals surface area contributed by atoms with Gasteiger partial charge in [0.05, 0.1) is 17.6 Å². The quantitative estimate of drug-likeness (QED) is 0.182. The number of anilines is 1. The Hall–Kier alpha value is -3.91. The zero-order chi connectivity index (χ0) is 26.7. The SMILES string of the molecule is CCC[n+]1cc(Br)cc(C(=O)N(CCOC(=O)NCCOc2cccc3ccccc23)c2ccccc2)c1. The molecule has 4 rings (SSSR count). The predicted molar refractivity (Wildman–Crippen MR) is 152 cm³/mol. The number of hydrogen-bond donors (Lipinski definition) is 1. The number of carbonyl (C=O) groups is 2. The van der Waals surface area contributed by atoms with Crippen LogP contribution in [0.4, 0.5) is 10.5 Å². The van der Waals surface area contributed by atoms with E-state index in [9.17, 15) is 9.59 Å². The summed E-state index contributed by atoms with van der Waals surface area (Å²) in [6, 6.07) is 25.0. The number of fused-ring (bicyclic) bond motifs is 1. The van der Waals surface area contributed by atoms with Crippen molar-refractivity contribution in [3.63, 3.8) is 0 Å². The Morgan fingerprint density at radius 1 is 0.947 bits per heavy atom. The number of ether oxygens (including phenoxy) is 2. The van der Waals surface area contributed by atoms with E-state index in [1.165, 1.54) is 0 Å². The van der Waals surface area contributed by atoms with Crippen molar-refractivity contribution >= 4 is 44.4 Å². The molecule has 7 nitrogen and oxygen atoms in total. The van der Waals surface area contributed by atoms with Crippen molar-refractivity contribution in [3.05, 3.63) is 101 Å². The first-order valence-electron chi connectivity index (χ1n) is 12.6. The summed E-state index contributed by atoms with van der Waals surface area (Å²) in [6.45, 7) is 3.74. The lowest BCUT2D eigenvalue weighted by Gasteiger charge is -2.22. The number of aromatic nitrogens is 1. The Labute approximate surface area is 231 Å². The fourth-order valence-corrected chi connectivity index (χ4v) is 4.64. The average molecular weight is 577 g/mol. The zero-order valence-corrected chi connectivity index (χ0v) is 22.9. The first-order valence-corrected chi connectivity index (χ1v) is 13.4. The molecule has 0 fully saturated rings. The van der Waals surface area contributed by atoms with Crippen molar-refractivity contribution in [1.29, 1.82) is 0 Å². The summed E-state index contributed by atoms with van der Waals surface area (Å²) in [7, 11) is 0. The van der Waals surface area contributed by atoms with Crippen LogP contribution < -0.4 is 19.5 Å². The van der Waals surface area contributed by atoms with Gasteiger partial charge in [0.15, 0.2) is 12.4 Å². The van der Waals surface area contributed by atoms with Gasteiger partial charge in [-0.25, -0.2) is 9.36 Å². The Morgan fingerprint density at radius 3 is 2.53 bits per heavy atom. The van der Waals surface area contributed by atoms with Crippen molar-refractivity contribution in [1.82, 2.24) is 5.32 Å². The van der Waals surface area contributed by atoms with Crippen molar-refractivity contribution in [2.45, 2.75) is 19.9 Å². The van der Waals surface area contributed by atoms with Crippen LogP contribution in [0.2, 0.25) is 0 Å². The van der Waals surface area contributed by atoms with E-state index in [1.807, 2.05) is 89.8 Å². The van der Waals surface area contributed by atoms with Crippen LogP contribution in [-0.4, -0.2) is 38.3 Å². The number of pyridine rings is 1. The number of amides is 2. The average Bonchev–Trinajstić information content (AvgIpc) is 2.93. The molecular weight excluding hydrogens is 546 g/mol. The van der Waals surface area contributed by atoms with Gasteiger partial charge >= 0.3 is 6.09 Å². The molecule has 0 aliphatic carbocycles. The van der Waals surface area contributed by atoms with Crippen LogP contribution in [-0.2, 0) is 11.3 Å². The van der Waals surface area contributed by atoms with Gasteiger partial charge in [-0.2, -0.15) is 0 Å². The van der Waals surface area contributed by atoms with Crippen molar-refractivity contribution < 1.29 is 23.6 Å². The molecule has 196 valence electrons. The highest BCUT2D eigenvalue weighted by molar-refractivity contribution is 9.10. The normalized spacial score (nSPS) is 10.7. The number of carbonyl (C=O) groups excluding carboxylic acids is 2. The number of nitrogens with zero attached hydrogens (tertiary/aromatic N) is 2. The molecule has 0 atom stereocenters. The maximum Gasteiger partial charge on any atom is 0.407 e. The van der Waals surface area contributed by atoms with Gasteiger partial charge in [0.1, 0.15) is 31.1 Å². The van der Waals surface area contributed by atoms with Gasteiger partial charge in [-0.3, -0.25) is 4.79 Å². The molecule has 0 aliphatic rings. The van der Waals surface area contributed by atoms with Crippen LogP contribution in [0, 0.1) is 0 Å². The maximum absolute atomic E-state index is 13.5. The van der Waals surface area contributed by atoms with E-state index in [4.69, 9.17) is 9.47 Å². The third-order valence-electron chi connectivity index (χ3n) is 5.86. The summed E-state index contributed by atoms with van der Waals surface area (Å²) in [5, 5.41) is 4.82. The van der Waals surface area contributed by atoms with Crippen LogP contribution in [0.25, 0.3) is 10.8 Å². The fraction of sp³-hybridized carbons (Fsp3) is 0.233. The van der Waals surface area contributed by atoms with Crippen LogP contribution in [0.3, 0.4) is 0 Å². The lowest BCUT2D eigenvalue weighted by molar-refractivity contribution is -0.697. The lowest BCUT2D eigenvalue weighted by atomic mass is 10.1. The molecule has 3 aromatic carbocycles. The van der Waals surface area contributed by atoms with Gasteiger partial charge < -0.3 is 19.7 Å². The van der Waals surface area contributed by atoms with Crippen molar-refractivity contribution in [2.24, 2.45) is 0 Å². The fourth-order valence-electron chi connectivity index (χ4n) is 4.13. The summed E-state index contributed by atoms with van der Waals surface area (Å²) < 4.78 is 14.0. The Bertz CT molecular complexity index is 1380. The molecule has 1 N–H and O–H groups in total. The van der Waals surface area contributed by atoms with Crippen LogP contribution in [0.15, 0.2) is 95.7 Å². The molecule has 8 heteroatoms. The minimum atomic E-state index is -0.560. The number of para-hydroxylation sites is 1. The van der Waals surface area contributed by atoms with Gasteiger partial charge in [0, 0.05) is 17.5 Å². The number of halogens is 1. The van der Waals surface area contributed by atoms with E-state index < -0.39 is 6.09 Å². The molecule has 0 spiro atoms. The summed E-state index contributed by atoms with van der Waals surface area (Å²) in [6.07, 6.45) is 4.18.